The maximum absolute atomic E-state index is 12.8. The Morgan fingerprint density at radius 2 is 0.818 bits per heavy atom. The molecule has 55 heavy (non-hydrogen) atoms. The number of amides is 1. The van der Waals surface area contributed by atoms with E-state index in [1.54, 1.807) is 6.92 Å². The maximum Gasteiger partial charge on any atom is 0.306 e. The highest BCUT2D eigenvalue weighted by atomic mass is 16.5. The summed E-state index contributed by atoms with van der Waals surface area (Å²) in [4.78, 5) is 41.0. The first-order valence-corrected chi connectivity index (χ1v) is 24.1. The van der Waals surface area contributed by atoms with Crippen molar-refractivity contribution in [1.82, 2.24) is 9.80 Å². The summed E-state index contributed by atoms with van der Waals surface area (Å²) in [5.74, 6) is 0.115. The Bertz CT molecular complexity index is 836. The average molecular weight is 779 g/mol. The maximum atomic E-state index is 12.8. The summed E-state index contributed by atoms with van der Waals surface area (Å²) >= 11 is 0. The van der Waals surface area contributed by atoms with Crippen LogP contribution in [0.25, 0.3) is 0 Å². The summed E-state index contributed by atoms with van der Waals surface area (Å²) in [5.41, 5.74) is 0. The lowest BCUT2D eigenvalue weighted by molar-refractivity contribution is -0.150. The van der Waals surface area contributed by atoms with E-state index in [2.05, 4.69) is 25.7 Å². The van der Waals surface area contributed by atoms with Gasteiger partial charge in [-0.25, -0.2) is 0 Å². The molecule has 0 N–H and O–H groups in total. The van der Waals surface area contributed by atoms with Gasteiger partial charge in [0.1, 0.15) is 6.10 Å². The van der Waals surface area contributed by atoms with E-state index in [1.807, 2.05) is 11.9 Å². The van der Waals surface area contributed by atoms with Crippen LogP contribution in [0.2, 0.25) is 0 Å². The van der Waals surface area contributed by atoms with E-state index < -0.39 is 0 Å². The van der Waals surface area contributed by atoms with E-state index in [4.69, 9.17) is 9.47 Å². The number of hydrogen-bond donors (Lipinski definition) is 0. The van der Waals surface area contributed by atoms with Gasteiger partial charge in [-0.05, 0) is 83.8 Å². The predicted octanol–water partition coefficient (Wildman–Crippen LogP) is 13.5. The molecule has 0 aromatic carbocycles. The van der Waals surface area contributed by atoms with Gasteiger partial charge in [-0.1, -0.05) is 162 Å². The Morgan fingerprint density at radius 3 is 1.29 bits per heavy atom. The van der Waals surface area contributed by atoms with Crippen LogP contribution in [0.1, 0.15) is 246 Å². The lowest BCUT2D eigenvalue weighted by atomic mass is 10.0. The molecule has 0 bridgehead atoms. The minimum atomic E-state index is -0.0288. The first-order chi connectivity index (χ1) is 26.8. The van der Waals surface area contributed by atoms with Gasteiger partial charge >= 0.3 is 11.9 Å². The number of carbonyl (C=O) groups is 3. The Balaban J connectivity index is 4.31. The quantitative estimate of drug-likeness (QED) is 0.0453. The summed E-state index contributed by atoms with van der Waals surface area (Å²) in [6.07, 6.45) is 39.4. The molecule has 0 saturated carbocycles. The van der Waals surface area contributed by atoms with Crippen LogP contribution >= 0.6 is 0 Å². The van der Waals surface area contributed by atoms with E-state index in [9.17, 15) is 14.4 Å². The van der Waals surface area contributed by atoms with Crippen molar-refractivity contribution in [1.29, 1.82) is 0 Å². The molecule has 7 nitrogen and oxygen atoms in total. The number of unbranched alkanes of at least 4 members (excludes halogenated alkanes) is 24. The highest BCUT2D eigenvalue weighted by Crippen LogP contribution is 2.19. The summed E-state index contributed by atoms with van der Waals surface area (Å²) in [7, 11) is 1.89. The van der Waals surface area contributed by atoms with E-state index in [-0.39, 0.29) is 23.9 Å². The molecular weight excluding hydrogens is 685 g/mol. The lowest BCUT2D eigenvalue weighted by Gasteiger charge is -2.24. The van der Waals surface area contributed by atoms with Gasteiger partial charge < -0.3 is 19.3 Å². The van der Waals surface area contributed by atoms with Gasteiger partial charge in [-0.15, -0.1) is 0 Å². The first-order valence-electron chi connectivity index (χ1n) is 24.1. The molecule has 0 saturated heterocycles. The van der Waals surface area contributed by atoms with Crippen molar-refractivity contribution in [2.24, 2.45) is 0 Å². The molecule has 0 aromatic heterocycles. The van der Waals surface area contributed by atoms with Crippen molar-refractivity contribution in [2.45, 2.75) is 252 Å². The van der Waals surface area contributed by atoms with Crippen molar-refractivity contribution >= 4 is 17.8 Å². The van der Waals surface area contributed by atoms with Gasteiger partial charge in [0.15, 0.2) is 0 Å². The van der Waals surface area contributed by atoms with Gasteiger partial charge in [0.05, 0.1) is 6.61 Å². The Labute approximate surface area is 342 Å². The fourth-order valence-corrected chi connectivity index (χ4v) is 7.42. The zero-order chi connectivity index (χ0) is 40.5. The number of hydrogen-bond acceptors (Lipinski definition) is 6. The second-order valence-corrected chi connectivity index (χ2v) is 16.7. The van der Waals surface area contributed by atoms with Gasteiger partial charge in [0.25, 0.3) is 0 Å². The van der Waals surface area contributed by atoms with Crippen molar-refractivity contribution in [2.75, 3.05) is 39.8 Å². The molecular formula is C48H94N2O5. The molecule has 0 spiro atoms. The lowest BCUT2D eigenvalue weighted by Crippen LogP contribution is -2.31. The molecule has 0 aliphatic rings. The molecule has 0 fully saturated rings. The minimum Gasteiger partial charge on any atom is -0.466 e. The van der Waals surface area contributed by atoms with Gasteiger partial charge in [-0.2, -0.15) is 0 Å². The summed E-state index contributed by atoms with van der Waals surface area (Å²) in [6.45, 7) is 13.0. The molecule has 0 unspecified atom stereocenters. The minimum absolute atomic E-state index is 0.0161. The average Bonchev–Trinajstić information content (AvgIpc) is 3.17. The topological polar surface area (TPSA) is 76.2 Å². The monoisotopic (exact) mass is 779 g/mol. The normalized spacial score (nSPS) is 11.5. The molecule has 0 rings (SSSR count). The molecule has 0 aliphatic carbocycles. The second-order valence-electron chi connectivity index (χ2n) is 16.7. The molecule has 0 atom stereocenters. The Morgan fingerprint density at radius 1 is 0.436 bits per heavy atom. The standard InChI is InChI=1S/C48H94N2O5/c1-6-9-12-15-18-27-34-44-54-47(52)38-30-23-19-25-32-41-50(43-35-40-49(5)45(4)51)42-33-26-20-24-31-39-48(53)55-46(36-28-21-16-13-10-7-2)37-29-22-17-14-11-8-3/h46H,6-44H2,1-5H3. The van der Waals surface area contributed by atoms with E-state index >= 15 is 0 Å². The fraction of sp³-hybridized carbons (Fsp3) is 0.938. The third kappa shape index (κ3) is 39.0. The molecule has 0 aromatic rings. The van der Waals surface area contributed by atoms with E-state index in [1.165, 1.54) is 141 Å². The highest BCUT2D eigenvalue weighted by Gasteiger charge is 2.14. The molecule has 0 radical (unpaired) electrons. The fourth-order valence-electron chi connectivity index (χ4n) is 7.42. The smallest absolute Gasteiger partial charge is 0.306 e. The number of ether oxygens (including phenoxy) is 2. The summed E-state index contributed by atoms with van der Waals surface area (Å²) in [5, 5.41) is 0. The van der Waals surface area contributed by atoms with Gasteiger partial charge in [0.2, 0.25) is 5.91 Å². The molecule has 326 valence electrons. The van der Waals surface area contributed by atoms with Gasteiger partial charge in [0, 0.05) is 33.4 Å². The van der Waals surface area contributed by atoms with Crippen LogP contribution in [-0.2, 0) is 23.9 Å². The van der Waals surface area contributed by atoms with Crippen molar-refractivity contribution in [3.63, 3.8) is 0 Å². The zero-order valence-corrected chi connectivity index (χ0v) is 37.6. The molecule has 1 amide bonds. The van der Waals surface area contributed by atoms with Crippen LogP contribution in [0, 0.1) is 0 Å². The van der Waals surface area contributed by atoms with Crippen molar-refractivity contribution < 1.29 is 23.9 Å². The molecule has 0 aliphatic heterocycles. The van der Waals surface area contributed by atoms with Crippen molar-refractivity contribution in [3.8, 4) is 0 Å². The largest absolute Gasteiger partial charge is 0.466 e. The zero-order valence-electron chi connectivity index (χ0n) is 37.6. The third-order valence-electron chi connectivity index (χ3n) is 11.3. The third-order valence-corrected chi connectivity index (χ3v) is 11.3. The highest BCUT2D eigenvalue weighted by molar-refractivity contribution is 5.72. The van der Waals surface area contributed by atoms with Crippen molar-refractivity contribution in [3.05, 3.63) is 0 Å². The van der Waals surface area contributed by atoms with Crippen LogP contribution in [0.4, 0.5) is 0 Å². The SMILES string of the molecule is CCCCCCCCCOC(=O)CCCCCCCN(CCCCCCCC(=O)OC(CCCCCCCC)CCCCCCCC)CCCN(C)C(C)=O. The predicted molar refractivity (Wildman–Crippen MR) is 235 cm³/mol. The number of esters is 2. The second kappa shape index (κ2) is 42.0. The van der Waals surface area contributed by atoms with Gasteiger partial charge in [-0.3, -0.25) is 14.4 Å². The summed E-state index contributed by atoms with van der Waals surface area (Å²) < 4.78 is 11.5. The Hall–Kier alpha value is -1.63. The Kier molecular flexibility index (Phi) is 40.7. The first kappa shape index (κ1) is 53.4. The number of nitrogens with zero attached hydrogens (tertiary/aromatic N) is 2. The summed E-state index contributed by atoms with van der Waals surface area (Å²) in [6, 6.07) is 0. The van der Waals surface area contributed by atoms with Crippen LogP contribution in [0.15, 0.2) is 0 Å². The van der Waals surface area contributed by atoms with E-state index in [0.29, 0.717) is 19.4 Å². The molecule has 7 heteroatoms. The van der Waals surface area contributed by atoms with Crippen LogP contribution in [0.5, 0.6) is 0 Å². The van der Waals surface area contributed by atoms with E-state index in [0.717, 1.165) is 90.4 Å². The number of carbonyl (C=O) groups excluding carboxylic acids is 3. The van der Waals surface area contributed by atoms with Crippen LogP contribution < -0.4 is 0 Å². The van der Waals surface area contributed by atoms with Crippen LogP contribution in [-0.4, -0.2) is 73.6 Å². The van der Waals surface area contributed by atoms with Crippen LogP contribution in [0.3, 0.4) is 0 Å². The molecule has 0 heterocycles. The number of rotatable bonds is 43.